The molecular weight excluding hydrogens is 226 g/mol. The van der Waals surface area contributed by atoms with Gasteiger partial charge in [-0.15, -0.1) is 0 Å². The van der Waals surface area contributed by atoms with Crippen molar-refractivity contribution >= 4 is 11.7 Å². The minimum absolute atomic E-state index is 0.143. The number of hydrogen-bond acceptors (Lipinski definition) is 2. The van der Waals surface area contributed by atoms with E-state index in [4.69, 9.17) is 0 Å². The Morgan fingerprint density at radius 3 is 2.11 bits per heavy atom. The lowest BCUT2D eigenvalue weighted by Crippen LogP contribution is -2.24. The molecule has 3 nitrogen and oxygen atoms in total. The van der Waals surface area contributed by atoms with Gasteiger partial charge in [-0.2, -0.15) is 0 Å². The predicted molar refractivity (Wildman–Crippen MR) is 75.4 cm³/mol. The van der Waals surface area contributed by atoms with E-state index in [-0.39, 0.29) is 11.8 Å². The Balaban J connectivity index is 3.38. The molecule has 0 aromatic heterocycles. The van der Waals surface area contributed by atoms with Gasteiger partial charge in [-0.25, -0.2) is 0 Å². The molecule has 0 fully saturated rings. The highest BCUT2D eigenvalue weighted by atomic mass is 16.1. The second-order valence-electron chi connectivity index (χ2n) is 5.71. The van der Waals surface area contributed by atoms with Gasteiger partial charge in [0.05, 0.1) is 0 Å². The van der Waals surface area contributed by atoms with Crippen LogP contribution >= 0.6 is 0 Å². The smallest absolute Gasteiger partial charge is 0.219 e. The van der Waals surface area contributed by atoms with Gasteiger partial charge in [-0.1, -0.05) is 34.1 Å². The topological polar surface area (TPSA) is 46.2 Å². The lowest BCUT2D eigenvalue weighted by molar-refractivity contribution is -0.122. The van der Waals surface area contributed by atoms with Crippen LogP contribution in [0.2, 0.25) is 0 Å². The fourth-order valence-electron chi connectivity index (χ4n) is 1.64. The molecule has 0 aliphatic heterocycles. The fraction of sp³-hybridized carbons (Fsp3) is 0.867. The van der Waals surface area contributed by atoms with Gasteiger partial charge < -0.3 is 5.32 Å². The van der Waals surface area contributed by atoms with Crippen LogP contribution in [0.25, 0.3) is 0 Å². The van der Waals surface area contributed by atoms with Crippen molar-refractivity contribution in [3.05, 3.63) is 0 Å². The molecule has 0 atom stereocenters. The molecule has 0 spiro atoms. The Morgan fingerprint density at radius 2 is 1.56 bits per heavy atom. The van der Waals surface area contributed by atoms with E-state index >= 15 is 0 Å². The van der Waals surface area contributed by atoms with E-state index in [0.29, 0.717) is 24.5 Å². The molecule has 0 saturated heterocycles. The Bertz CT molecular complexity index is 247. The molecule has 1 amide bonds. The largest absolute Gasteiger partial charge is 0.356 e. The molecule has 3 heteroatoms. The van der Waals surface area contributed by atoms with Crippen molar-refractivity contribution in [1.82, 2.24) is 5.32 Å². The van der Waals surface area contributed by atoms with Crippen molar-refractivity contribution in [2.75, 3.05) is 6.54 Å². The molecule has 18 heavy (non-hydrogen) atoms. The Kier molecular flexibility index (Phi) is 9.62. The zero-order valence-corrected chi connectivity index (χ0v) is 12.4. The summed E-state index contributed by atoms with van der Waals surface area (Å²) < 4.78 is 0. The van der Waals surface area contributed by atoms with E-state index in [0.717, 1.165) is 32.2 Å². The number of carbonyl (C=O) groups is 2. The third kappa shape index (κ3) is 10.3. The van der Waals surface area contributed by atoms with Gasteiger partial charge in [0.15, 0.2) is 0 Å². The summed E-state index contributed by atoms with van der Waals surface area (Å²) in [6.07, 6.45) is 5.06. The summed E-state index contributed by atoms with van der Waals surface area (Å²) in [5.74, 6) is 1.25. The summed E-state index contributed by atoms with van der Waals surface area (Å²) in [5, 5.41) is 2.93. The highest BCUT2D eigenvalue weighted by Gasteiger charge is 2.06. The fourth-order valence-corrected chi connectivity index (χ4v) is 1.64. The van der Waals surface area contributed by atoms with E-state index in [1.807, 2.05) is 13.8 Å². The van der Waals surface area contributed by atoms with Gasteiger partial charge in [0, 0.05) is 25.3 Å². The van der Waals surface area contributed by atoms with E-state index < -0.39 is 0 Å². The maximum atomic E-state index is 11.5. The van der Waals surface area contributed by atoms with E-state index in [9.17, 15) is 9.59 Å². The maximum Gasteiger partial charge on any atom is 0.219 e. The summed E-state index contributed by atoms with van der Waals surface area (Å²) in [5.41, 5.74) is 0. The number of amides is 1. The molecule has 0 aliphatic carbocycles. The van der Waals surface area contributed by atoms with Crippen LogP contribution in [0.3, 0.4) is 0 Å². The maximum absolute atomic E-state index is 11.5. The quantitative estimate of drug-likeness (QED) is 0.609. The number of hydrogen-bond donors (Lipinski definition) is 1. The van der Waals surface area contributed by atoms with Gasteiger partial charge in [0.25, 0.3) is 0 Å². The summed E-state index contributed by atoms with van der Waals surface area (Å²) in [4.78, 5) is 22.8. The van der Waals surface area contributed by atoms with Gasteiger partial charge in [-0.3, -0.25) is 9.59 Å². The van der Waals surface area contributed by atoms with Crippen molar-refractivity contribution in [3.8, 4) is 0 Å². The van der Waals surface area contributed by atoms with Crippen LogP contribution in [-0.4, -0.2) is 18.2 Å². The molecule has 0 aromatic rings. The average Bonchev–Trinajstić information content (AvgIpc) is 2.27. The van der Waals surface area contributed by atoms with Crippen LogP contribution in [0.15, 0.2) is 0 Å². The van der Waals surface area contributed by atoms with Gasteiger partial charge in [0.2, 0.25) is 5.91 Å². The van der Waals surface area contributed by atoms with Crippen molar-refractivity contribution < 1.29 is 9.59 Å². The second kappa shape index (κ2) is 10.1. The van der Waals surface area contributed by atoms with Crippen LogP contribution in [0, 0.1) is 11.8 Å². The first-order valence-corrected chi connectivity index (χ1v) is 7.23. The van der Waals surface area contributed by atoms with Crippen LogP contribution in [0.5, 0.6) is 0 Å². The third-order valence-electron chi connectivity index (χ3n) is 3.01. The SMILES string of the molecule is CC(C)CCNC(=O)CCCCCC(=O)C(C)C. The molecule has 1 N–H and O–H groups in total. The monoisotopic (exact) mass is 255 g/mol. The summed E-state index contributed by atoms with van der Waals surface area (Å²) >= 11 is 0. The predicted octanol–water partition coefficient (Wildman–Crippen LogP) is 3.32. The summed E-state index contributed by atoms with van der Waals surface area (Å²) in [7, 11) is 0. The molecule has 0 aromatic carbocycles. The molecule has 0 unspecified atom stereocenters. The van der Waals surface area contributed by atoms with Gasteiger partial charge in [-0.05, 0) is 25.2 Å². The highest BCUT2D eigenvalue weighted by molar-refractivity contribution is 5.80. The van der Waals surface area contributed by atoms with Gasteiger partial charge in [0.1, 0.15) is 5.78 Å². The van der Waals surface area contributed by atoms with Crippen LogP contribution in [0.4, 0.5) is 0 Å². The van der Waals surface area contributed by atoms with Crippen LogP contribution in [0.1, 0.15) is 66.2 Å². The van der Waals surface area contributed by atoms with Crippen molar-refractivity contribution in [2.45, 2.75) is 66.2 Å². The molecule has 0 aliphatic rings. The zero-order chi connectivity index (χ0) is 14.0. The van der Waals surface area contributed by atoms with Crippen LogP contribution < -0.4 is 5.32 Å². The van der Waals surface area contributed by atoms with E-state index in [1.54, 1.807) is 0 Å². The van der Waals surface area contributed by atoms with E-state index in [1.165, 1.54) is 0 Å². The molecule has 0 radical (unpaired) electrons. The lowest BCUT2D eigenvalue weighted by atomic mass is 10.0. The molecule has 0 heterocycles. The number of carbonyl (C=O) groups excluding carboxylic acids is 2. The number of unbranched alkanes of at least 4 members (excludes halogenated alkanes) is 2. The lowest BCUT2D eigenvalue weighted by Gasteiger charge is -2.07. The molecule has 0 bridgehead atoms. The number of rotatable bonds is 10. The second-order valence-corrected chi connectivity index (χ2v) is 5.71. The summed E-state index contributed by atoms with van der Waals surface area (Å²) in [6, 6.07) is 0. The first-order chi connectivity index (χ1) is 8.43. The highest BCUT2D eigenvalue weighted by Crippen LogP contribution is 2.07. The standard InChI is InChI=1S/C15H29NO2/c1-12(2)10-11-16-15(18)9-7-5-6-8-14(17)13(3)4/h12-13H,5-11H2,1-4H3,(H,16,18). The van der Waals surface area contributed by atoms with Crippen LogP contribution in [-0.2, 0) is 9.59 Å². The Morgan fingerprint density at radius 1 is 0.944 bits per heavy atom. The minimum atomic E-state index is 0.143. The molecular formula is C15H29NO2. The molecule has 106 valence electrons. The number of ketones is 1. The van der Waals surface area contributed by atoms with Gasteiger partial charge >= 0.3 is 0 Å². The van der Waals surface area contributed by atoms with Crippen molar-refractivity contribution in [2.24, 2.45) is 11.8 Å². The average molecular weight is 255 g/mol. The third-order valence-corrected chi connectivity index (χ3v) is 3.01. The number of Topliss-reactive ketones (excluding diaryl/α,β-unsaturated/α-hetero) is 1. The Hall–Kier alpha value is -0.860. The molecule has 0 rings (SSSR count). The zero-order valence-electron chi connectivity index (χ0n) is 12.4. The Labute approximate surface area is 112 Å². The first-order valence-electron chi connectivity index (χ1n) is 7.23. The normalized spacial score (nSPS) is 11.0. The number of nitrogens with one attached hydrogen (secondary N) is 1. The minimum Gasteiger partial charge on any atom is -0.356 e. The van der Waals surface area contributed by atoms with Crippen molar-refractivity contribution in [1.29, 1.82) is 0 Å². The van der Waals surface area contributed by atoms with E-state index in [2.05, 4.69) is 19.2 Å². The summed E-state index contributed by atoms with van der Waals surface area (Å²) in [6.45, 7) is 8.95. The molecule has 0 saturated carbocycles. The van der Waals surface area contributed by atoms with Crippen molar-refractivity contribution in [3.63, 3.8) is 0 Å². The first kappa shape index (κ1) is 17.1.